The molecule has 2 aromatic rings. The molecule has 0 unspecified atom stereocenters. The van der Waals surface area contributed by atoms with Crippen molar-refractivity contribution in [1.29, 1.82) is 0 Å². The van der Waals surface area contributed by atoms with E-state index < -0.39 is 5.54 Å². The van der Waals surface area contributed by atoms with Gasteiger partial charge in [-0.3, -0.25) is 19.7 Å². The smallest absolute Gasteiger partial charge is 0.249 e. The summed E-state index contributed by atoms with van der Waals surface area (Å²) in [6.07, 6.45) is 14.1. The molecule has 0 spiro atoms. The van der Waals surface area contributed by atoms with Crippen LogP contribution in [0.5, 0.6) is 0 Å². The van der Waals surface area contributed by atoms with E-state index >= 15 is 0 Å². The van der Waals surface area contributed by atoms with Gasteiger partial charge in [-0.05, 0) is 32.2 Å². The second-order valence-electron chi connectivity index (χ2n) is 6.72. The molecular weight excluding hydrogens is 316 g/mol. The van der Waals surface area contributed by atoms with Crippen molar-refractivity contribution in [3.05, 3.63) is 48.6 Å². The predicted molar refractivity (Wildman–Crippen MR) is 91.2 cm³/mol. The van der Waals surface area contributed by atoms with E-state index in [-0.39, 0.29) is 5.91 Å². The number of hydrogen-bond donors (Lipinski definition) is 0. The first-order valence-corrected chi connectivity index (χ1v) is 8.85. The molecule has 4 rings (SSSR count). The summed E-state index contributed by atoms with van der Waals surface area (Å²) < 4.78 is 0. The van der Waals surface area contributed by atoms with Crippen molar-refractivity contribution in [3.63, 3.8) is 0 Å². The minimum Gasteiger partial charge on any atom is -0.341 e. The predicted octanol–water partition coefficient (Wildman–Crippen LogP) is 1.38. The fourth-order valence-corrected chi connectivity index (χ4v) is 4.06. The van der Waals surface area contributed by atoms with E-state index in [1.54, 1.807) is 18.6 Å². The van der Waals surface area contributed by atoms with Crippen molar-refractivity contribution in [2.24, 2.45) is 0 Å². The van der Waals surface area contributed by atoms with Crippen LogP contribution in [-0.4, -0.2) is 55.3 Å². The molecule has 7 nitrogen and oxygen atoms in total. The molecule has 7 heteroatoms. The lowest BCUT2D eigenvalue weighted by Gasteiger charge is -2.39. The molecule has 25 heavy (non-hydrogen) atoms. The Morgan fingerprint density at radius 2 is 1.80 bits per heavy atom. The molecular formula is C18H22N6O. The average Bonchev–Trinajstić information content (AvgIpc) is 3.33. The zero-order valence-electron chi connectivity index (χ0n) is 14.2. The van der Waals surface area contributed by atoms with E-state index in [1.807, 2.05) is 17.3 Å². The lowest BCUT2D eigenvalue weighted by atomic mass is 9.89. The summed E-state index contributed by atoms with van der Waals surface area (Å²) in [5.41, 5.74) is 1.03. The van der Waals surface area contributed by atoms with Gasteiger partial charge in [0.25, 0.3) is 0 Å². The van der Waals surface area contributed by atoms with E-state index in [0.29, 0.717) is 6.54 Å². The number of carbonyl (C=O) groups excluding carboxylic acids is 1. The zero-order chi connectivity index (χ0) is 17.1. The molecule has 2 aliphatic heterocycles. The van der Waals surface area contributed by atoms with Crippen molar-refractivity contribution >= 4 is 5.91 Å². The van der Waals surface area contributed by atoms with Gasteiger partial charge in [-0.1, -0.05) is 0 Å². The number of rotatable bonds is 4. The number of likely N-dealkylation sites (tertiary alicyclic amines) is 2. The molecule has 1 amide bonds. The van der Waals surface area contributed by atoms with E-state index in [1.165, 1.54) is 6.33 Å². The number of hydrogen-bond acceptors (Lipinski definition) is 6. The zero-order valence-corrected chi connectivity index (χ0v) is 14.2. The number of amides is 1. The quantitative estimate of drug-likeness (QED) is 0.838. The highest BCUT2D eigenvalue weighted by atomic mass is 16.2. The summed E-state index contributed by atoms with van der Waals surface area (Å²) in [6.45, 7) is 3.16. The third kappa shape index (κ3) is 2.89. The van der Waals surface area contributed by atoms with Gasteiger partial charge in [0.1, 0.15) is 11.9 Å². The van der Waals surface area contributed by atoms with Gasteiger partial charge in [-0.2, -0.15) is 0 Å². The highest BCUT2D eigenvalue weighted by Gasteiger charge is 2.52. The highest BCUT2D eigenvalue weighted by Crippen LogP contribution is 2.41. The molecule has 0 saturated carbocycles. The van der Waals surface area contributed by atoms with Gasteiger partial charge in [0, 0.05) is 50.0 Å². The number of nitrogens with zero attached hydrogens (tertiary/aromatic N) is 6. The molecule has 0 N–H and O–H groups in total. The minimum absolute atomic E-state index is 0.167. The summed E-state index contributed by atoms with van der Waals surface area (Å²) in [5.74, 6) is 0.167. The lowest BCUT2D eigenvalue weighted by molar-refractivity contribution is -0.143. The Morgan fingerprint density at radius 3 is 2.52 bits per heavy atom. The summed E-state index contributed by atoms with van der Waals surface area (Å²) >= 11 is 0. The first kappa shape index (κ1) is 16.1. The molecule has 0 bridgehead atoms. The van der Waals surface area contributed by atoms with Gasteiger partial charge in [-0.15, -0.1) is 0 Å². The largest absolute Gasteiger partial charge is 0.341 e. The van der Waals surface area contributed by atoms with Crippen LogP contribution in [0, 0.1) is 0 Å². The Kier molecular flexibility index (Phi) is 4.40. The van der Waals surface area contributed by atoms with Crippen LogP contribution in [0.25, 0.3) is 0 Å². The maximum atomic E-state index is 13.6. The molecule has 0 radical (unpaired) electrons. The van der Waals surface area contributed by atoms with Crippen LogP contribution in [0.4, 0.5) is 0 Å². The summed E-state index contributed by atoms with van der Waals surface area (Å²) in [7, 11) is 0. The van der Waals surface area contributed by atoms with Crippen LogP contribution >= 0.6 is 0 Å². The Balaban J connectivity index is 1.72. The van der Waals surface area contributed by atoms with Gasteiger partial charge in [0.2, 0.25) is 5.91 Å². The standard InChI is InChI=1S/C18H22N6O/c25-17(23-7-1-2-8-23)18(16-12-19-5-6-22-16)4-3-9-24(18)13-15-10-20-14-21-11-15/h5-6,10-12,14H,1-4,7-9,13H2/t18-/m0/s1. The Labute approximate surface area is 147 Å². The summed E-state index contributed by atoms with van der Waals surface area (Å²) in [4.78, 5) is 34.8. The third-order valence-corrected chi connectivity index (χ3v) is 5.23. The van der Waals surface area contributed by atoms with Gasteiger partial charge in [0.15, 0.2) is 0 Å². The van der Waals surface area contributed by atoms with Gasteiger partial charge >= 0.3 is 0 Å². The summed E-state index contributed by atoms with van der Waals surface area (Å²) in [5, 5.41) is 0. The molecule has 2 fully saturated rings. The van der Waals surface area contributed by atoms with Gasteiger partial charge in [-0.25, -0.2) is 9.97 Å². The van der Waals surface area contributed by atoms with E-state index in [0.717, 1.165) is 56.6 Å². The topological polar surface area (TPSA) is 75.1 Å². The van der Waals surface area contributed by atoms with Crippen molar-refractivity contribution in [2.45, 2.75) is 37.8 Å². The Morgan fingerprint density at radius 1 is 1.00 bits per heavy atom. The van der Waals surface area contributed by atoms with Crippen LogP contribution in [0.3, 0.4) is 0 Å². The molecule has 2 aromatic heterocycles. The molecule has 130 valence electrons. The van der Waals surface area contributed by atoms with Crippen LogP contribution < -0.4 is 0 Å². The molecule has 4 heterocycles. The fraction of sp³-hybridized carbons (Fsp3) is 0.500. The first-order chi connectivity index (χ1) is 12.3. The Bertz CT molecular complexity index is 719. The van der Waals surface area contributed by atoms with Crippen molar-refractivity contribution < 1.29 is 4.79 Å². The van der Waals surface area contributed by atoms with Crippen molar-refractivity contribution in [2.75, 3.05) is 19.6 Å². The van der Waals surface area contributed by atoms with Crippen LogP contribution in [-0.2, 0) is 16.9 Å². The second-order valence-corrected chi connectivity index (χ2v) is 6.72. The van der Waals surface area contributed by atoms with E-state index in [2.05, 4.69) is 24.8 Å². The second kappa shape index (κ2) is 6.84. The number of carbonyl (C=O) groups is 1. The monoisotopic (exact) mass is 338 g/mol. The fourth-order valence-electron chi connectivity index (χ4n) is 4.06. The third-order valence-electron chi connectivity index (χ3n) is 5.23. The molecule has 1 atom stereocenters. The van der Waals surface area contributed by atoms with Crippen LogP contribution in [0.2, 0.25) is 0 Å². The van der Waals surface area contributed by atoms with E-state index in [4.69, 9.17) is 0 Å². The Hall–Kier alpha value is -2.41. The molecule has 0 aromatic carbocycles. The maximum absolute atomic E-state index is 13.6. The SMILES string of the molecule is O=C(N1CCCC1)[C@@]1(c2cnccn2)CCCN1Cc1cncnc1. The normalized spacial score (nSPS) is 23.9. The van der Waals surface area contributed by atoms with Crippen molar-refractivity contribution in [1.82, 2.24) is 29.7 Å². The number of aromatic nitrogens is 4. The molecule has 0 aliphatic carbocycles. The molecule has 2 saturated heterocycles. The maximum Gasteiger partial charge on any atom is 0.249 e. The average molecular weight is 338 g/mol. The first-order valence-electron chi connectivity index (χ1n) is 8.85. The van der Waals surface area contributed by atoms with Crippen molar-refractivity contribution in [3.8, 4) is 0 Å². The van der Waals surface area contributed by atoms with Crippen LogP contribution in [0.15, 0.2) is 37.3 Å². The molecule has 2 aliphatic rings. The van der Waals surface area contributed by atoms with Gasteiger partial charge < -0.3 is 4.90 Å². The van der Waals surface area contributed by atoms with E-state index in [9.17, 15) is 4.79 Å². The van der Waals surface area contributed by atoms with Gasteiger partial charge in [0.05, 0.1) is 11.9 Å². The highest BCUT2D eigenvalue weighted by molar-refractivity contribution is 5.87. The van der Waals surface area contributed by atoms with Crippen LogP contribution in [0.1, 0.15) is 36.9 Å². The lowest BCUT2D eigenvalue weighted by Crippen LogP contribution is -2.54. The summed E-state index contributed by atoms with van der Waals surface area (Å²) in [6, 6.07) is 0. The minimum atomic E-state index is -0.728.